The molecule has 0 radical (unpaired) electrons. The van der Waals surface area contributed by atoms with Gasteiger partial charge in [-0.1, -0.05) is 30.3 Å². The summed E-state index contributed by atoms with van der Waals surface area (Å²) in [5.41, 5.74) is 1.38. The molecule has 0 saturated heterocycles. The molecule has 0 spiro atoms. The first-order valence-corrected chi connectivity index (χ1v) is 7.01. The first-order valence-electron chi connectivity index (χ1n) is 7.01. The molecule has 0 aromatic heterocycles. The third-order valence-corrected chi connectivity index (χ3v) is 3.16. The van der Waals surface area contributed by atoms with Crippen LogP contribution in [0.5, 0.6) is 5.75 Å². The molecule has 0 amide bonds. The summed E-state index contributed by atoms with van der Waals surface area (Å²) < 4.78 is 9.89. The van der Waals surface area contributed by atoms with E-state index in [1.165, 1.54) is 0 Å². The Morgan fingerprint density at radius 2 is 1.57 bits per heavy atom. The van der Waals surface area contributed by atoms with Gasteiger partial charge in [0.2, 0.25) is 5.78 Å². The lowest BCUT2D eigenvalue weighted by Crippen LogP contribution is -2.19. The van der Waals surface area contributed by atoms with Crippen LogP contribution < -0.4 is 4.74 Å². The SMILES string of the molecule is COC(=O)C(=O)CC(=O)c1ccc(OCc2ccccc2)cc1. The van der Waals surface area contributed by atoms with E-state index in [1.807, 2.05) is 30.3 Å². The van der Waals surface area contributed by atoms with Crippen LogP contribution in [0.1, 0.15) is 22.3 Å². The molecular weight excluding hydrogens is 296 g/mol. The highest BCUT2D eigenvalue weighted by Crippen LogP contribution is 2.15. The quantitative estimate of drug-likeness (QED) is 0.340. The third-order valence-electron chi connectivity index (χ3n) is 3.16. The van der Waals surface area contributed by atoms with Crippen LogP contribution >= 0.6 is 0 Å². The van der Waals surface area contributed by atoms with Crippen LogP contribution in [0.4, 0.5) is 0 Å². The van der Waals surface area contributed by atoms with Crippen LogP contribution in [0.3, 0.4) is 0 Å². The highest BCUT2D eigenvalue weighted by atomic mass is 16.5. The van der Waals surface area contributed by atoms with Crippen molar-refractivity contribution >= 4 is 17.5 Å². The van der Waals surface area contributed by atoms with Crippen molar-refractivity contribution in [1.82, 2.24) is 0 Å². The second kappa shape index (κ2) is 7.89. The number of benzene rings is 2. The van der Waals surface area contributed by atoms with E-state index in [2.05, 4.69) is 4.74 Å². The molecule has 0 fully saturated rings. The predicted molar refractivity (Wildman–Crippen MR) is 83.2 cm³/mol. The molecule has 0 aliphatic heterocycles. The van der Waals surface area contributed by atoms with Gasteiger partial charge >= 0.3 is 5.97 Å². The minimum atomic E-state index is -1.01. The summed E-state index contributed by atoms with van der Waals surface area (Å²) in [5, 5.41) is 0. The van der Waals surface area contributed by atoms with E-state index in [1.54, 1.807) is 24.3 Å². The first kappa shape index (κ1) is 16.4. The Hall–Kier alpha value is -2.95. The summed E-state index contributed by atoms with van der Waals surface area (Å²) in [5.74, 6) is -1.69. The number of hydrogen-bond donors (Lipinski definition) is 0. The summed E-state index contributed by atoms with van der Waals surface area (Å²) in [6.07, 6.45) is -0.503. The second-order valence-electron chi connectivity index (χ2n) is 4.81. The van der Waals surface area contributed by atoms with Crippen LogP contribution in [0.25, 0.3) is 0 Å². The van der Waals surface area contributed by atoms with E-state index in [0.717, 1.165) is 12.7 Å². The smallest absolute Gasteiger partial charge is 0.374 e. The summed E-state index contributed by atoms with van der Waals surface area (Å²) in [6, 6.07) is 16.1. The van der Waals surface area contributed by atoms with Crippen molar-refractivity contribution in [3.63, 3.8) is 0 Å². The Kier molecular flexibility index (Phi) is 5.63. The predicted octanol–water partition coefficient (Wildman–Crippen LogP) is 2.58. The molecule has 0 atom stereocenters. The van der Waals surface area contributed by atoms with Gasteiger partial charge in [0.25, 0.3) is 0 Å². The van der Waals surface area contributed by atoms with Crippen molar-refractivity contribution in [1.29, 1.82) is 0 Å². The lowest BCUT2D eigenvalue weighted by atomic mass is 10.1. The Labute approximate surface area is 133 Å². The van der Waals surface area contributed by atoms with Crippen molar-refractivity contribution in [2.24, 2.45) is 0 Å². The van der Waals surface area contributed by atoms with E-state index >= 15 is 0 Å². The second-order valence-corrected chi connectivity index (χ2v) is 4.81. The summed E-state index contributed by atoms with van der Waals surface area (Å²) >= 11 is 0. The van der Waals surface area contributed by atoms with Gasteiger partial charge in [-0.3, -0.25) is 9.59 Å². The zero-order valence-corrected chi connectivity index (χ0v) is 12.7. The fourth-order valence-corrected chi connectivity index (χ4v) is 1.91. The minimum Gasteiger partial charge on any atom is -0.489 e. The van der Waals surface area contributed by atoms with Gasteiger partial charge in [0, 0.05) is 5.56 Å². The molecule has 2 aromatic rings. The number of methoxy groups -OCH3 is 1. The van der Waals surface area contributed by atoms with Crippen molar-refractivity contribution in [3.8, 4) is 5.75 Å². The standard InChI is InChI=1S/C18H16O5/c1-22-18(21)17(20)11-16(19)14-7-9-15(10-8-14)23-12-13-5-3-2-4-6-13/h2-10H,11-12H2,1H3. The van der Waals surface area contributed by atoms with E-state index in [4.69, 9.17) is 4.74 Å². The maximum absolute atomic E-state index is 11.9. The van der Waals surface area contributed by atoms with E-state index in [-0.39, 0.29) is 0 Å². The molecule has 118 valence electrons. The zero-order valence-electron chi connectivity index (χ0n) is 12.7. The number of hydrogen-bond acceptors (Lipinski definition) is 5. The Morgan fingerprint density at radius 1 is 0.913 bits per heavy atom. The summed E-state index contributed by atoms with van der Waals surface area (Å²) in [6.45, 7) is 0.426. The monoisotopic (exact) mass is 312 g/mol. The molecule has 5 heteroatoms. The molecule has 0 saturated carbocycles. The molecule has 0 unspecified atom stereocenters. The maximum atomic E-state index is 11.9. The van der Waals surface area contributed by atoms with Crippen molar-refractivity contribution in [3.05, 3.63) is 65.7 Å². The van der Waals surface area contributed by atoms with Crippen LogP contribution in [0.2, 0.25) is 0 Å². The largest absolute Gasteiger partial charge is 0.489 e. The van der Waals surface area contributed by atoms with Gasteiger partial charge in [0.05, 0.1) is 13.5 Å². The third kappa shape index (κ3) is 4.78. The molecule has 2 rings (SSSR count). The molecule has 2 aromatic carbocycles. The van der Waals surface area contributed by atoms with E-state index < -0.39 is 24.0 Å². The fraction of sp³-hybridized carbons (Fsp3) is 0.167. The van der Waals surface area contributed by atoms with Crippen LogP contribution in [-0.2, 0) is 20.9 Å². The van der Waals surface area contributed by atoms with Crippen LogP contribution in [-0.4, -0.2) is 24.6 Å². The Balaban J connectivity index is 1.92. The Bertz CT molecular complexity index is 689. The molecule has 0 N–H and O–H groups in total. The molecule has 0 aliphatic rings. The zero-order chi connectivity index (χ0) is 16.7. The average Bonchev–Trinajstić information content (AvgIpc) is 2.60. The lowest BCUT2D eigenvalue weighted by molar-refractivity contribution is -0.151. The van der Waals surface area contributed by atoms with Crippen molar-refractivity contribution in [2.45, 2.75) is 13.0 Å². The number of ketones is 2. The molecule has 0 bridgehead atoms. The van der Waals surface area contributed by atoms with Gasteiger partial charge in [-0.2, -0.15) is 0 Å². The highest BCUT2D eigenvalue weighted by Gasteiger charge is 2.19. The average molecular weight is 312 g/mol. The Morgan fingerprint density at radius 3 is 2.17 bits per heavy atom. The number of Topliss-reactive ketones (excluding diaryl/α,β-unsaturated/α-hetero) is 2. The minimum absolute atomic E-state index is 0.342. The van der Waals surface area contributed by atoms with Gasteiger partial charge in [0.15, 0.2) is 5.78 Å². The summed E-state index contributed by atoms with van der Waals surface area (Å²) in [7, 11) is 1.10. The molecule has 23 heavy (non-hydrogen) atoms. The molecule has 0 heterocycles. The van der Waals surface area contributed by atoms with E-state index in [0.29, 0.717) is 17.9 Å². The van der Waals surface area contributed by atoms with Crippen molar-refractivity contribution in [2.75, 3.05) is 7.11 Å². The first-order chi connectivity index (χ1) is 11.1. The van der Waals surface area contributed by atoms with Gasteiger partial charge in [-0.15, -0.1) is 0 Å². The lowest BCUT2D eigenvalue weighted by Gasteiger charge is -2.07. The highest BCUT2D eigenvalue weighted by molar-refractivity contribution is 6.38. The number of rotatable bonds is 7. The van der Waals surface area contributed by atoms with Crippen LogP contribution in [0, 0.1) is 0 Å². The normalized spacial score (nSPS) is 9.96. The maximum Gasteiger partial charge on any atom is 0.374 e. The number of ether oxygens (including phenoxy) is 2. The van der Waals surface area contributed by atoms with Gasteiger partial charge in [-0.25, -0.2) is 4.79 Å². The number of esters is 1. The number of carbonyl (C=O) groups is 3. The topological polar surface area (TPSA) is 69.7 Å². The molecule has 5 nitrogen and oxygen atoms in total. The van der Waals surface area contributed by atoms with Crippen LogP contribution in [0.15, 0.2) is 54.6 Å². The molecule has 0 aliphatic carbocycles. The number of carbonyl (C=O) groups excluding carboxylic acids is 3. The van der Waals surface area contributed by atoms with Gasteiger partial charge in [-0.05, 0) is 29.8 Å². The molecular formula is C18H16O5. The van der Waals surface area contributed by atoms with Gasteiger partial charge < -0.3 is 9.47 Å². The fourth-order valence-electron chi connectivity index (χ4n) is 1.91. The van der Waals surface area contributed by atoms with E-state index in [9.17, 15) is 14.4 Å². The summed E-state index contributed by atoms with van der Waals surface area (Å²) in [4.78, 5) is 34.3. The van der Waals surface area contributed by atoms with Crippen molar-refractivity contribution < 1.29 is 23.9 Å². The van der Waals surface area contributed by atoms with Gasteiger partial charge in [0.1, 0.15) is 12.4 Å².